The van der Waals surface area contributed by atoms with Crippen LogP contribution in [0, 0.1) is 10.8 Å². The van der Waals surface area contributed by atoms with E-state index in [1.165, 1.54) is 0 Å². The second-order valence-electron chi connectivity index (χ2n) is 7.30. The van der Waals surface area contributed by atoms with Gasteiger partial charge in [-0.25, -0.2) is 4.79 Å². The van der Waals surface area contributed by atoms with Crippen molar-refractivity contribution in [1.82, 2.24) is 10.2 Å². The van der Waals surface area contributed by atoms with Crippen LogP contribution >= 0.6 is 0 Å². The highest BCUT2D eigenvalue weighted by Crippen LogP contribution is 2.51. The molecular weight excluding hydrogens is 260 g/mol. The van der Waals surface area contributed by atoms with Gasteiger partial charge < -0.3 is 9.64 Å². The molecule has 0 aliphatic carbocycles. The Bertz CT molecular complexity index is 470. The molecule has 2 heterocycles. The van der Waals surface area contributed by atoms with Crippen LogP contribution < -0.4 is 5.32 Å². The predicted octanol–water partition coefficient (Wildman–Crippen LogP) is 1.30. The number of nitrogens with zero attached hydrogens (tertiary/aromatic N) is 1. The molecule has 0 atom stereocenters. The molecule has 20 heavy (non-hydrogen) atoms. The van der Waals surface area contributed by atoms with Gasteiger partial charge in [0.2, 0.25) is 11.8 Å². The Balaban J connectivity index is 2.08. The lowest BCUT2D eigenvalue weighted by atomic mass is 9.57. The zero-order valence-corrected chi connectivity index (χ0v) is 12.7. The number of hydrogen-bond acceptors (Lipinski definition) is 4. The summed E-state index contributed by atoms with van der Waals surface area (Å²) in [5.41, 5.74) is -1.68. The molecule has 0 bridgehead atoms. The van der Waals surface area contributed by atoms with Gasteiger partial charge in [-0.3, -0.25) is 14.9 Å². The Morgan fingerprint density at radius 1 is 1.25 bits per heavy atom. The Morgan fingerprint density at radius 2 is 1.80 bits per heavy atom. The first kappa shape index (κ1) is 14.8. The maximum absolute atomic E-state index is 12.0. The molecule has 2 aliphatic heterocycles. The Labute approximate surface area is 118 Å². The van der Waals surface area contributed by atoms with Crippen molar-refractivity contribution in [3.05, 3.63) is 0 Å². The van der Waals surface area contributed by atoms with Crippen LogP contribution in [0.5, 0.6) is 0 Å². The van der Waals surface area contributed by atoms with Gasteiger partial charge in [0.25, 0.3) is 0 Å². The van der Waals surface area contributed by atoms with E-state index < -0.39 is 22.5 Å². The minimum absolute atomic E-state index is 0.266. The third-order valence-corrected chi connectivity index (χ3v) is 4.28. The molecule has 6 heteroatoms. The molecule has 1 N–H and O–H groups in total. The zero-order chi connectivity index (χ0) is 15.3. The van der Waals surface area contributed by atoms with Crippen molar-refractivity contribution in [2.24, 2.45) is 10.8 Å². The fraction of sp³-hybridized carbons (Fsp3) is 0.786. The molecule has 0 aromatic carbocycles. The standard InChI is InChI=1S/C14H22N2O4/c1-12(2,3)20-11(19)16-7-14(8-16)6-9(17)15-10(18)13(14,4)5/h6-8H2,1-5H3,(H,15,17,18). The topological polar surface area (TPSA) is 75.7 Å². The van der Waals surface area contributed by atoms with E-state index in [9.17, 15) is 14.4 Å². The number of imide groups is 1. The van der Waals surface area contributed by atoms with E-state index in [1.54, 1.807) is 4.90 Å². The SMILES string of the molecule is CC(C)(C)OC(=O)N1CC2(CC(=O)NC(=O)C2(C)C)C1. The van der Waals surface area contributed by atoms with E-state index >= 15 is 0 Å². The molecule has 0 aromatic heterocycles. The van der Waals surface area contributed by atoms with Crippen LogP contribution in [0.1, 0.15) is 41.0 Å². The van der Waals surface area contributed by atoms with Crippen molar-refractivity contribution in [3.63, 3.8) is 0 Å². The van der Waals surface area contributed by atoms with Crippen molar-refractivity contribution < 1.29 is 19.1 Å². The van der Waals surface area contributed by atoms with E-state index in [0.717, 1.165) is 0 Å². The number of carbonyl (C=O) groups excluding carboxylic acids is 3. The highest BCUT2D eigenvalue weighted by molar-refractivity contribution is 6.01. The van der Waals surface area contributed by atoms with Crippen molar-refractivity contribution in [2.75, 3.05) is 13.1 Å². The quantitative estimate of drug-likeness (QED) is 0.679. The van der Waals surface area contributed by atoms with Crippen LogP contribution in [0.25, 0.3) is 0 Å². The van der Waals surface area contributed by atoms with Crippen molar-refractivity contribution >= 4 is 17.9 Å². The fourth-order valence-electron chi connectivity index (χ4n) is 2.74. The van der Waals surface area contributed by atoms with E-state index in [2.05, 4.69) is 5.32 Å². The summed E-state index contributed by atoms with van der Waals surface area (Å²) < 4.78 is 5.30. The van der Waals surface area contributed by atoms with Gasteiger partial charge in [-0.15, -0.1) is 0 Å². The number of nitrogens with one attached hydrogen (secondary N) is 1. The molecule has 1 spiro atoms. The van der Waals surface area contributed by atoms with Crippen LogP contribution in [0.2, 0.25) is 0 Å². The fourth-order valence-corrected chi connectivity index (χ4v) is 2.74. The van der Waals surface area contributed by atoms with Gasteiger partial charge in [0.05, 0.1) is 5.41 Å². The van der Waals surface area contributed by atoms with Crippen LogP contribution in [0.3, 0.4) is 0 Å². The molecule has 2 fully saturated rings. The van der Waals surface area contributed by atoms with E-state index in [1.807, 2.05) is 34.6 Å². The molecule has 2 aliphatic rings. The third-order valence-electron chi connectivity index (χ3n) is 4.28. The maximum Gasteiger partial charge on any atom is 0.410 e. The number of likely N-dealkylation sites (tertiary alicyclic amines) is 1. The highest BCUT2D eigenvalue weighted by Gasteiger charge is 2.61. The van der Waals surface area contributed by atoms with Gasteiger partial charge >= 0.3 is 6.09 Å². The van der Waals surface area contributed by atoms with E-state index in [-0.39, 0.29) is 18.2 Å². The predicted molar refractivity (Wildman–Crippen MR) is 71.8 cm³/mol. The summed E-state index contributed by atoms with van der Waals surface area (Å²) in [6.07, 6.45) is -0.122. The Kier molecular flexibility index (Phi) is 3.11. The first-order chi connectivity index (χ1) is 8.97. The molecule has 0 radical (unpaired) electrons. The summed E-state index contributed by atoms with van der Waals surface area (Å²) >= 11 is 0. The van der Waals surface area contributed by atoms with E-state index in [0.29, 0.717) is 13.1 Å². The first-order valence-corrected chi connectivity index (χ1v) is 6.79. The molecular formula is C14H22N2O4. The van der Waals surface area contributed by atoms with Gasteiger partial charge in [-0.05, 0) is 20.8 Å². The van der Waals surface area contributed by atoms with Crippen LogP contribution in [-0.4, -0.2) is 41.5 Å². The normalized spacial score (nSPS) is 24.1. The molecule has 3 amide bonds. The lowest BCUT2D eigenvalue weighted by Crippen LogP contribution is -2.71. The number of hydrogen-bond donors (Lipinski definition) is 1. The molecule has 2 saturated heterocycles. The summed E-state index contributed by atoms with van der Waals surface area (Å²) in [4.78, 5) is 37.1. The summed E-state index contributed by atoms with van der Waals surface area (Å²) in [5.74, 6) is -0.532. The summed E-state index contributed by atoms with van der Waals surface area (Å²) in [6.45, 7) is 9.83. The third kappa shape index (κ3) is 2.27. The molecule has 6 nitrogen and oxygen atoms in total. The second-order valence-corrected chi connectivity index (χ2v) is 7.30. The summed E-state index contributed by atoms with van der Waals surface area (Å²) in [5, 5.41) is 2.36. The number of ether oxygens (including phenoxy) is 1. The molecule has 0 aromatic rings. The number of rotatable bonds is 0. The van der Waals surface area contributed by atoms with Crippen molar-refractivity contribution in [3.8, 4) is 0 Å². The second kappa shape index (κ2) is 4.20. The number of carbonyl (C=O) groups is 3. The highest BCUT2D eigenvalue weighted by atomic mass is 16.6. The molecule has 112 valence electrons. The van der Waals surface area contributed by atoms with Crippen LogP contribution in [0.4, 0.5) is 4.79 Å². The minimum atomic E-state index is -0.667. The van der Waals surface area contributed by atoms with Gasteiger partial charge in [0, 0.05) is 24.9 Å². The maximum atomic E-state index is 12.0. The average molecular weight is 282 g/mol. The van der Waals surface area contributed by atoms with Gasteiger partial charge in [0.1, 0.15) is 5.60 Å². The average Bonchev–Trinajstić information content (AvgIpc) is 2.17. The smallest absolute Gasteiger partial charge is 0.410 e. The van der Waals surface area contributed by atoms with Gasteiger partial charge in [0.15, 0.2) is 0 Å². The Hall–Kier alpha value is -1.59. The van der Waals surface area contributed by atoms with Gasteiger partial charge in [-0.1, -0.05) is 13.8 Å². The Morgan fingerprint density at radius 3 is 2.30 bits per heavy atom. The van der Waals surface area contributed by atoms with Gasteiger partial charge in [-0.2, -0.15) is 0 Å². The largest absolute Gasteiger partial charge is 0.444 e. The molecule has 0 unspecified atom stereocenters. The molecule has 2 rings (SSSR count). The first-order valence-electron chi connectivity index (χ1n) is 6.79. The lowest BCUT2D eigenvalue weighted by Gasteiger charge is -2.58. The van der Waals surface area contributed by atoms with Crippen molar-refractivity contribution in [1.29, 1.82) is 0 Å². The lowest BCUT2D eigenvalue weighted by molar-refractivity contribution is -0.165. The molecule has 0 saturated carbocycles. The van der Waals surface area contributed by atoms with Crippen LogP contribution in [0.15, 0.2) is 0 Å². The monoisotopic (exact) mass is 282 g/mol. The number of amides is 3. The van der Waals surface area contributed by atoms with Crippen molar-refractivity contribution in [2.45, 2.75) is 46.6 Å². The van der Waals surface area contributed by atoms with E-state index in [4.69, 9.17) is 4.74 Å². The number of piperidine rings is 1. The summed E-state index contributed by atoms with van der Waals surface area (Å²) in [6, 6.07) is 0. The summed E-state index contributed by atoms with van der Waals surface area (Å²) in [7, 11) is 0. The minimum Gasteiger partial charge on any atom is -0.444 e. The zero-order valence-electron chi connectivity index (χ0n) is 12.7. The van der Waals surface area contributed by atoms with Crippen LogP contribution in [-0.2, 0) is 14.3 Å².